The molecule has 23 heavy (non-hydrogen) atoms. The van der Waals surface area contributed by atoms with E-state index in [0.717, 1.165) is 16.3 Å². The zero-order valence-electron chi connectivity index (χ0n) is 12.7. The topological polar surface area (TPSA) is 63.2 Å². The normalized spacial score (nSPS) is 18.3. The van der Waals surface area contributed by atoms with Gasteiger partial charge in [-0.2, -0.15) is 0 Å². The van der Waals surface area contributed by atoms with Gasteiger partial charge >= 0.3 is 0 Å². The van der Waals surface area contributed by atoms with Gasteiger partial charge in [0.05, 0.1) is 11.5 Å². The molecular formula is C18H19NO3S. The summed E-state index contributed by atoms with van der Waals surface area (Å²) in [4.78, 5) is 12.0. The molecule has 0 unspecified atom stereocenters. The second-order valence-corrected chi connectivity index (χ2v) is 8.14. The third kappa shape index (κ3) is 3.99. The summed E-state index contributed by atoms with van der Waals surface area (Å²) in [5.74, 6) is 0.137. The summed E-state index contributed by atoms with van der Waals surface area (Å²) in [7, 11) is -2.90. The average Bonchev–Trinajstić information content (AvgIpc) is 2.55. The minimum absolute atomic E-state index is 0.0526. The van der Waals surface area contributed by atoms with Crippen molar-refractivity contribution in [3.8, 4) is 0 Å². The van der Waals surface area contributed by atoms with E-state index in [2.05, 4.69) is 5.32 Å². The fraction of sp³-hybridized carbons (Fsp3) is 0.278. The van der Waals surface area contributed by atoms with E-state index in [1.54, 1.807) is 6.08 Å². The molecule has 1 aliphatic heterocycles. The van der Waals surface area contributed by atoms with Crippen molar-refractivity contribution in [3.63, 3.8) is 0 Å². The van der Waals surface area contributed by atoms with E-state index in [1.807, 2.05) is 42.5 Å². The van der Waals surface area contributed by atoms with Crippen LogP contribution in [0.5, 0.6) is 0 Å². The number of rotatable bonds is 3. The number of benzene rings is 2. The van der Waals surface area contributed by atoms with Gasteiger partial charge in [-0.25, -0.2) is 8.42 Å². The van der Waals surface area contributed by atoms with E-state index in [0.29, 0.717) is 12.8 Å². The van der Waals surface area contributed by atoms with Gasteiger partial charge in [-0.1, -0.05) is 42.5 Å². The molecule has 4 nitrogen and oxygen atoms in total. The largest absolute Gasteiger partial charge is 0.350 e. The Labute approximate surface area is 136 Å². The van der Waals surface area contributed by atoms with Gasteiger partial charge in [0.1, 0.15) is 9.84 Å². The van der Waals surface area contributed by atoms with Crippen molar-refractivity contribution >= 4 is 32.6 Å². The second kappa shape index (κ2) is 6.54. The molecule has 120 valence electrons. The smallest absolute Gasteiger partial charge is 0.244 e. The second-order valence-electron chi connectivity index (χ2n) is 5.84. The molecule has 2 aromatic rings. The number of carbonyl (C=O) groups excluding carboxylic acids is 1. The zero-order chi connectivity index (χ0) is 16.3. The molecule has 0 saturated carbocycles. The summed E-state index contributed by atoms with van der Waals surface area (Å²) in [5.41, 5.74) is 0.990. The van der Waals surface area contributed by atoms with Crippen LogP contribution in [-0.4, -0.2) is 31.9 Å². The Kier molecular flexibility index (Phi) is 4.48. The Morgan fingerprint density at radius 3 is 2.52 bits per heavy atom. The van der Waals surface area contributed by atoms with E-state index in [9.17, 15) is 13.2 Å². The van der Waals surface area contributed by atoms with Crippen LogP contribution in [0, 0.1) is 0 Å². The van der Waals surface area contributed by atoms with Crippen molar-refractivity contribution in [1.29, 1.82) is 0 Å². The first-order valence-corrected chi connectivity index (χ1v) is 9.52. The molecule has 0 radical (unpaired) electrons. The number of hydrogen-bond acceptors (Lipinski definition) is 3. The minimum atomic E-state index is -2.90. The van der Waals surface area contributed by atoms with Crippen LogP contribution >= 0.6 is 0 Å². The van der Waals surface area contributed by atoms with Crippen LogP contribution in [0.1, 0.15) is 18.4 Å². The predicted molar refractivity (Wildman–Crippen MR) is 92.8 cm³/mol. The maximum Gasteiger partial charge on any atom is 0.244 e. The van der Waals surface area contributed by atoms with Gasteiger partial charge in [-0.3, -0.25) is 4.79 Å². The maximum atomic E-state index is 12.0. The van der Waals surface area contributed by atoms with Crippen molar-refractivity contribution in [2.75, 3.05) is 11.5 Å². The lowest BCUT2D eigenvalue weighted by atomic mass is 10.0. The maximum absolute atomic E-state index is 12.0. The molecule has 0 aliphatic carbocycles. The van der Waals surface area contributed by atoms with Gasteiger partial charge in [-0.15, -0.1) is 0 Å². The first-order valence-electron chi connectivity index (χ1n) is 7.70. The van der Waals surface area contributed by atoms with Crippen molar-refractivity contribution in [2.45, 2.75) is 18.9 Å². The molecule has 0 spiro atoms. The lowest BCUT2D eigenvalue weighted by molar-refractivity contribution is -0.117. The predicted octanol–water partition coefficient (Wildman–Crippen LogP) is 2.55. The monoisotopic (exact) mass is 329 g/mol. The highest BCUT2D eigenvalue weighted by Crippen LogP contribution is 2.19. The lowest BCUT2D eigenvalue weighted by Crippen LogP contribution is -2.40. The van der Waals surface area contributed by atoms with E-state index in [-0.39, 0.29) is 23.5 Å². The highest BCUT2D eigenvalue weighted by Gasteiger charge is 2.23. The van der Waals surface area contributed by atoms with Crippen LogP contribution in [0.2, 0.25) is 0 Å². The van der Waals surface area contributed by atoms with E-state index in [1.165, 1.54) is 6.08 Å². The third-order valence-corrected chi connectivity index (χ3v) is 5.85. The van der Waals surface area contributed by atoms with Gasteiger partial charge in [0.2, 0.25) is 5.91 Å². The Balaban J connectivity index is 1.66. The van der Waals surface area contributed by atoms with Gasteiger partial charge in [-0.05, 0) is 35.3 Å². The van der Waals surface area contributed by atoms with Gasteiger partial charge in [0, 0.05) is 12.1 Å². The Bertz CT molecular complexity index is 836. The van der Waals surface area contributed by atoms with Crippen LogP contribution in [0.25, 0.3) is 16.8 Å². The highest BCUT2D eigenvalue weighted by atomic mass is 32.2. The molecule has 0 atom stereocenters. The SMILES string of the molecule is O=C(/C=C\c1cccc2ccccc12)NC1CCS(=O)(=O)CC1. The molecule has 0 aromatic heterocycles. The minimum Gasteiger partial charge on any atom is -0.350 e. The first kappa shape index (κ1) is 15.7. The van der Waals surface area contributed by atoms with E-state index in [4.69, 9.17) is 0 Å². The molecule has 1 saturated heterocycles. The standard InChI is InChI=1S/C18H19NO3S/c20-18(19-16-10-12-23(21,22)13-11-16)9-8-15-6-3-5-14-4-1-2-7-17(14)15/h1-9,16H,10-13H2,(H,19,20)/b9-8-. The van der Waals surface area contributed by atoms with E-state index >= 15 is 0 Å². The van der Waals surface area contributed by atoms with Crippen LogP contribution in [0.4, 0.5) is 0 Å². The van der Waals surface area contributed by atoms with Crippen molar-refractivity contribution < 1.29 is 13.2 Å². The molecule has 1 N–H and O–H groups in total. The molecule has 1 amide bonds. The summed E-state index contributed by atoms with van der Waals surface area (Å²) in [6.07, 6.45) is 4.31. The van der Waals surface area contributed by atoms with Crippen molar-refractivity contribution in [3.05, 3.63) is 54.1 Å². The number of carbonyl (C=O) groups is 1. The molecule has 1 fully saturated rings. The van der Waals surface area contributed by atoms with Crippen molar-refractivity contribution in [2.24, 2.45) is 0 Å². The molecule has 0 bridgehead atoms. The van der Waals surface area contributed by atoms with E-state index < -0.39 is 9.84 Å². The fourth-order valence-electron chi connectivity index (χ4n) is 2.84. The summed E-state index contributed by atoms with van der Waals surface area (Å²) < 4.78 is 22.8. The zero-order valence-corrected chi connectivity index (χ0v) is 13.6. The number of amides is 1. The highest BCUT2D eigenvalue weighted by molar-refractivity contribution is 7.91. The number of hydrogen-bond donors (Lipinski definition) is 1. The van der Waals surface area contributed by atoms with Crippen molar-refractivity contribution in [1.82, 2.24) is 5.32 Å². The van der Waals surface area contributed by atoms with Crippen LogP contribution in [0.3, 0.4) is 0 Å². The van der Waals surface area contributed by atoms with Crippen LogP contribution in [0.15, 0.2) is 48.5 Å². The average molecular weight is 329 g/mol. The van der Waals surface area contributed by atoms with Crippen LogP contribution in [-0.2, 0) is 14.6 Å². The Morgan fingerprint density at radius 2 is 1.74 bits per heavy atom. The molecule has 2 aromatic carbocycles. The molecule has 1 aliphatic rings. The van der Waals surface area contributed by atoms with Crippen LogP contribution < -0.4 is 5.32 Å². The van der Waals surface area contributed by atoms with Gasteiger partial charge in [0.15, 0.2) is 0 Å². The lowest BCUT2D eigenvalue weighted by Gasteiger charge is -2.22. The Hall–Kier alpha value is -2.14. The summed E-state index contributed by atoms with van der Waals surface area (Å²) in [6.45, 7) is 0. The Morgan fingerprint density at radius 1 is 1.04 bits per heavy atom. The summed E-state index contributed by atoms with van der Waals surface area (Å²) in [6, 6.07) is 13.9. The van der Waals surface area contributed by atoms with Gasteiger partial charge in [0.25, 0.3) is 0 Å². The van der Waals surface area contributed by atoms with Gasteiger partial charge < -0.3 is 5.32 Å². The first-order chi connectivity index (χ1) is 11.0. The molecular weight excluding hydrogens is 310 g/mol. The summed E-state index contributed by atoms with van der Waals surface area (Å²) in [5, 5.41) is 5.12. The summed E-state index contributed by atoms with van der Waals surface area (Å²) >= 11 is 0. The molecule has 5 heteroatoms. The quantitative estimate of drug-likeness (QED) is 0.880. The molecule has 1 heterocycles. The molecule has 3 rings (SSSR count). The number of sulfone groups is 1. The third-order valence-electron chi connectivity index (χ3n) is 4.14. The fourth-order valence-corrected chi connectivity index (χ4v) is 4.34. The number of nitrogens with one attached hydrogen (secondary N) is 1. The number of fused-ring (bicyclic) bond motifs is 1.